The van der Waals surface area contributed by atoms with E-state index >= 15 is 0 Å². The molecule has 0 saturated heterocycles. The molecule has 145 valence electrons. The van der Waals surface area contributed by atoms with Crippen molar-refractivity contribution in [2.45, 2.75) is 61.1 Å². The second-order valence-electron chi connectivity index (χ2n) is 7.36. The van der Waals surface area contributed by atoms with Crippen LogP contribution in [0.3, 0.4) is 0 Å². The molecule has 1 radical (unpaired) electrons. The van der Waals surface area contributed by atoms with Crippen LogP contribution in [0, 0.1) is 47.4 Å². The third-order valence-electron chi connectivity index (χ3n) is 4.65. The van der Waals surface area contributed by atoms with Gasteiger partial charge in [0.05, 0.1) is 9.79 Å². The molecular weight excluding hydrogens is 387 g/mol. The summed E-state index contributed by atoms with van der Waals surface area (Å²) in [6.07, 6.45) is 0. The molecule has 0 atom stereocenters. The Morgan fingerprint density at radius 1 is 0.607 bits per heavy atom. The molecule has 0 aliphatic heterocycles. The summed E-state index contributed by atoms with van der Waals surface area (Å²) in [5.74, 6) is -0.496. The van der Waals surface area contributed by atoms with Crippen LogP contribution in [-0.4, -0.2) is 0 Å². The minimum atomic E-state index is -0.353. The van der Waals surface area contributed by atoms with E-state index in [0.717, 1.165) is 32.0 Å². The predicted octanol–water partition coefficient (Wildman–Crippen LogP) is 8.12. The van der Waals surface area contributed by atoms with Crippen molar-refractivity contribution >= 4 is 23.5 Å². The van der Waals surface area contributed by atoms with Gasteiger partial charge in [-0.05, 0) is 75.9 Å². The van der Waals surface area contributed by atoms with E-state index in [2.05, 4.69) is 38.1 Å². The van der Waals surface area contributed by atoms with Crippen molar-refractivity contribution in [3.8, 4) is 5.75 Å². The van der Waals surface area contributed by atoms with E-state index in [1.807, 2.05) is 27.7 Å². The first-order valence-electron chi connectivity index (χ1n) is 9.18. The van der Waals surface area contributed by atoms with Gasteiger partial charge in [0.1, 0.15) is 5.82 Å². The van der Waals surface area contributed by atoms with Gasteiger partial charge >= 0.3 is 0 Å². The number of halogens is 1. The lowest BCUT2D eigenvalue weighted by atomic mass is 10.1. The van der Waals surface area contributed by atoms with Crippen LogP contribution >= 0.6 is 23.5 Å². The van der Waals surface area contributed by atoms with Gasteiger partial charge in [-0.3, -0.25) is 5.11 Å². The van der Waals surface area contributed by atoms with Crippen molar-refractivity contribution in [3.05, 3.63) is 75.6 Å². The van der Waals surface area contributed by atoms with Gasteiger partial charge in [-0.2, -0.15) is 0 Å². The maximum Gasteiger partial charge on any atom is 0.193 e. The van der Waals surface area contributed by atoms with E-state index in [0.29, 0.717) is 9.79 Å². The van der Waals surface area contributed by atoms with Crippen molar-refractivity contribution in [2.75, 3.05) is 0 Å². The molecule has 0 amide bonds. The molecule has 3 aromatic rings. The lowest BCUT2D eigenvalue weighted by Crippen LogP contribution is -1.93. The molecule has 0 aliphatic rings. The van der Waals surface area contributed by atoms with Gasteiger partial charge in [-0.15, -0.1) is 0 Å². The van der Waals surface area contributed by atoms with Crippen LogP contribution in [0.4, 0.5) is 4.39 Å². The summed E-state index contributed by atoms with van der Waals surface area (Å²) in [4.78, 5) is 2.90. The van der Waals surface area contributed by atoms with Gasteiger partial charge in [0.25, 0.3) is 0 Å². The summed E-state index contributed by atoms with van der Waals surface area (Å²) < 4.78 is 14.9. The van der Waals surface area contributed by atoms with Gasteiger partial charge in [-0.1, -0.05) is 58.9 Å². The molecule has 0 fully saturated rings. The average Bonchev–Trinajstić information content (AvgIpc) is 2.58. The number of rotatable bonds is 4. The van der Waals surface area contributed by atoms with Crippen LogP contribution in [0.1, 0.15) is 33.4 Å². The minimum Gasteiger partial charge on any atom is -0.289 e. The SMILES string of the molecule is Cc1cc(C)c(Sc2c([O])ccc(F)c2Sc2c(C)cc(C)cc2C)c(C)c1. The zero-order valence-corrected chi connectivity index (χ0v) is 18.7. The average molecular weight is 412 g/mol. The Bertz CT molecular complexity index is 926. The number of benzene rings is 3. The topological polar surface area (TPSA) is 19.9 Å². The third-order valence-corrected chi connectivity index (χ3v) is 7.68. The second kappa shape index (κ2) is 8.22. The summed E-state index contributed by atoms with van der Waals surface area (Å²) in [6, 6.07) is 11.0. The van der Waals surface area contributed by atoms with Crippen LogP contribution < -0.4 is 0 Å². The smallest absolute Gasteiger partial charge is 0.193 e. The first-order valence-corrected chi connectivity index (χ1v) is 10.8. The highest BCUT2D eigenvalue weighted by Crippen LogP contribution is 2.47. The first kappa shape index (κ1) is 20.8. The second-order valence-corrected chi connectivity index (χ2v) is 9.40. The van der Waals surface area contributed by atoms with Gasteiger partial charge in [-0.25, -0.2) is 4.39 Å². The normalized spacial score (nSPS) is 11.1. The molecule has 0 aliphatic carbocycles. The summed E-state index contributed by atoms with van der Waals surface area (Å²) in [7, 11) is 0. The molecule has 0 aromatic heterocycles. The van der Waals surface area contributed by atoms with E-state index in [4.69, 9.17) is 0 Å². The molecule has 0 N–H and O–H groups in total. The summed E-state index contributed by atoms with van der Waals surface area (Å²) in [5, 5.41) is 12.7. The van der Waals surface area contributed by atoms with Gasteiger partial charge in [0.15, 0.2) is 5.75 Å². The van der Waals surface area contributed by atoms with Crippen molar-refractivity contribution in [1.82, 2.24) is 0 Å². The predicted molar refractivity (Wildman–Crippen MR) is 116 cm³/mol. The van der Waals surface area contributed by atoms with Gasteiger partial charge in [0.2, 0.25) is 0 Å². The first-order chi connectivity index (χ1) is 13.2. The molecule has 4 heteroatoms. The Hall–Kier alpha value is -1.91. The standard InChI is InChI=1S/C24H24FOS2/c1-13-9-15(3)21(16(4)10-13)27-23-19(25)7-8-20(26)24(23)28-22-17(5)11-14(2)12-18(22)6/h7-12H,1-6H3. The third kappa shape index (κ3) is 4.23. The van der Waals surface area contributed by atoms with Crippen molar-refractivity contribution in [2.24, 2.45) is 0 Å². The fourth-order valence-corrected chi connectivity index (χ4v) is 5.83. The van der Waals surface area contributed by atoms with E-state index in [1.54, 1.807) is 0 Å². The van der Waals surface area contributed by atoms with Gasteiger partial charge in [0, 0.05) is 9.79 Å². The lowest BCUT2D eigenvalue weighted by Gasteiger charge is -2.16. The van der Waals surface area contributed by atoms with E-state index in [1.165, 1.54) is 46.8 Å². The molecule has 28 heavy (non-hydrogen) atoms. The highest BCUT2D eigenvalue weighted by Gasteiger charge is 2.20. The monoisotopic (exact) mass is 411 g/mol. The van der Waals surface area contributed by atoms with Gasteiger partial charge < -0.3 is 0 Å². The van der Waals surface area contributed by atoms with Crippen LogP contribution in [0.5, 0.6) is 5.75 Å². The highest BCUT2D eigenvalue weighted by atomic mass is 32.2. The minimum absolute atomic E-state index is 0.143. The molecule has 0 saturated carbocycles. The maximum absolute atomic E-state index is 14.9. The summed E-state index contributed by atoms with van der Waals surface area (Å²) >= 11 is 2.73. The van der Waals surface area contributed by atoms with E-state index < -0.39 is 0 Å². The van der Waals surface area contributed by atoms with Crippen LogP contribution in [-0.2, 0) is 5.11 Å². The van der Waals surface area contributed by atoms with Crippen molar-refractivity contribution in [1.29, 1.82) is 0 Å². The van der Waals surface area contributed by atoms with Crippen molar-refractivity contribution < 1.29 is 9.50 Å². The fraction of sp³-hybridized carbons (Fsp3) is 0.250. The number of hydrogen-bond donors (Lipinski definition) is 0. The molecule has 3 aromatic carbocycles. The highest BCUT2D eigenvalue weighted by molar-refractivity contribution is 8.02. The molecule has 0 heterocycles. The van der Waals surface area contributed by atoms with Crippen LogP contribution in [0.25, 0.3) is 0 Å². The molecule has 1 nitrogen and oxygen atoms in total. The number of aryl methyl sites for hydroxylation is 6. The molecule has 0 bridgehead atoms. The zero-order chi connectivity index (χ0) is 20.6. The maximum atomic E-state index is 14.9. The Labute approximate surface area is 175 Å². The largest absolute Gasteiger partial charge is 0.289 e. The molecule has 0 unspecified atom stereocenters. The number of hydrogen-bond acceptors (Lipinski definition) is 2. The summed E-state index contributed by atoms with van der Waals surface area (Å²) in [6.45, 7) is 12.2. The fourth-order valence-electron chi connectivity index (χ4n) is 3.57. The molecule has 3 rings (SSSR count). The van der Waals surface area contributed by atoms with E-state index in [9.17, 15) is 9.50 Å². The zero-order valence-electron chi connectivity index (χ0n) is 17.1. The quantitative estimate of drug-likeness (QED) is 0.432. The Kier molecular flexibility index (Phi) is 6.11. The van der Waals surface area contributed by atoms with Crippen LogP contribution in [0.15, 0.2) is 56.0 Å². The van der Waals surface area contributed by atoms with Crippen molar-refractivity contribution in [3.63, 3.8) is 0 Å². The lowest BCUT2D eigenvalue weighted by molar-refractivity contribution is 0.340. The Balaban J connectivity index is 2.11. The van der Waals surface area contributed by atoms with E-state index in [-0.39, 0.29) is 11.6 Å². The Morgan fingerprint density at radius 2 is 1.00 bits per heavy atom. The summed E-state index contributed by atoms with van der Waals surface area (Å²) in [5.41, 5.74) is 6.75. The molecular formula is C24H24FOS2. The Morgan fingerprint density at radius 3 is 1.43 bits per heavy atom. The van der Waals surface area contributed by atoms with Crippen LogP contribution in [0.2, 0.25) is 0 Å². The molecule has 0 spiro atoms.